The zero-order valence-electron chi connectivity index (χ0n) is 15.2. The molecule has 0 saturated carbocycles. The molecular formula is C20H18N2O5. The van der Waals surface area contributed by atoms with Crippen LogP contribution in [-0.4, -0.2) is 36.8 Å². The molecule has 0 bridgehead atoms. The Bertz CT molecular complexity index is 1130. The Morgan fingerprint density at radius 1 is 1.07 bits per heavy atom. The second-order valence-electron chi connectivity index (χ2n) is 6.23. The fourth-order valence-electron chi connectivity index (χ4n) is 3.45. The molecule has 2 heterocycles. The van der Waals surface area contributed by atoms with Gasteiger partial charge in [-0.05, 0) is 42.3 Å². The number of nitrogens with zero attached hydrogens (tertiary/aromatic N) is 2. The van der Waals surface area contributed by atoms with Crippen LogP contribution < -0.4 is 15.0 Å². The van der Waals surface area contributed by atoms with Crippen molar-refractivity contribution >= 4 is 16.9 Å². The molecule has 0 aliphatic carbocycles. The minimum atomic E-state index is -0.469. The monoisotopic (exact) mass is 366 g/mol. The van der Waals surface area contributed by atoms with E-state index in [0.717, 1.165) is 11.1 Å². The fraction of sp³-hybridized carbons (Fsp3) is 0.250. The first-order chi connectivity index (χ1) is 13.1. The summed E-state index contributed by atoms with van der Waals surface area (Å²) in [5.41, 5.74) is 2.53. The van der Waals surface area contributed by atoms with E-state index in [0.29, 0.717) is 46.8 Å². The van der Waals surface area contributed by atoms with E-state index in [4.69, 9.17) is 14.2 Å². The van der Waals surface area contributed by atoms with Gasteiger partial charge in [0.25, 0.3) is 5.56 Å². The summed E-state index contributed by atoms with van der Waals surface area (Å²) >= 11 is 0. The van der Waals surface area contributed by atoms with E-state index < -0.39 is 5.97 Å². The Morgan fingerprint density at radius 3 is 2.52 bits per heavy atom. The van der Waals surface area contributed by atoms with Crippen LogP contribution in [0.3, 0.4) is 0 Å². The highest BCUT2D eigenvalue weighted by atomic mass is 16.5. The van der Waals surface area contributed by atoms with Crippen molar-refractivity contribution in [2.24, 2.45) is 0 Å². The Morgan fingerprint density at radius 2 is 1.81 bits per heavy atom. The van der Waals surface area contributed by atoms with E-state index in [1.54, 1.807) is 37.0 Å². The van der Waals surface area contributed by atoms with Gasteiger partial charge in [-0.2, -0.15) is 0 Å². The number of hydrogen-bond acceptors (Lipinski definition) is 6. The second-order valence-corrected chi connectivity index (χ2v) is 6.23. The van der Waals surface area contributed by atoms with E-state index in [1.807, 2.05) is 12.1 Å². The van der Waals surface area contributed by atoms with Gasteiger partial charge in [0.1, 0.15) is 5.82 Å². The molecule has 0 radical (unpaired) electrons. The lowest BCUT2D eigenvalue weighted by Gasteiger charge is -2.23. The van der Waals surface area contributed by atoms with E-state index in [-0.39, 0.29) is 5.56 Å². The van der Waals surface area contributed by atoms with Crippen LogP contribution in [0.4, 0.5) is 0 Å². The maximum absolute atomic E-state index is 13.0. The first kappa shape index (κ1) is 17.1. The molecule has 7 heteroatoms. The zero-order valence-corrected chi connectivity index (χ0v) is 15.2. The molecule has 2 aromatic carbocycles. The molecule has 1 aliphatic rings. The molecule has 138 valence electrons. The van der Waals surface area contributed by atoms with Gasteiger partial charge in [0.05, 0.1) is 37.8 Å². The minimum Gasteiger partial charge on any atom is -0.493 e. The SMILES string of the molecule is COC(=O)c1ccc2c(=O)n3c(nc2c1)-c1cc(OC)c(OC)cc1CC3. The first-order valence-electron chi connectivity index (χ1n) is 8.45. The van der Waals surface area contributed by atoms with Crippen LogP contribution in [0.2, 0.25) is 0 Å². The lowest BCUT2D eigenvalue weighted by Crippen LogP contribution is -2.27. The summed E-state index contributed by atoms with van der Waals surface area (Å²) in [6.45, 7) is 0.526. The number of aromatic nitrogens is 2. The Kier molecular flexibility index (Phi) is 4.07. The van der Waals surface area contributed by atoms with E-state index in [2.05, 4.69) is 4.98 Å². The third kappa shape index (κ3) is 2.63. The van der Waals surface area contributed by atoms with Crippen molar-refractivity contribution in [2.45, 2.75) is 13.0 Å². The number of rotatable bonds is 3. The van der Waals surface area contributed by atoms with E-state index >= 15 is 0 Å². The van der Waals surface area contributed by atoms with Crippen molar-refractivity contribution in [3.05, 3.63) is 51.8 Å². The number of carbonyl (C=O) groups is 1. The van der Waals surface area contributed by atoms with Gasteiger partial charge in [-0.3, -0.25) is 9.36 Å². The van der Waals surface area contributed by atoms with Crippen LogP contribution >= 0.6 is 0 Å². The highest BCUT2D eigenvalue weighted by Crippen LogP contribution is 2.37. The molecule has 0 fully saturated rings. The standard InChI is InChI=1S/C20H18N2O5/c1-25-16-9-11-6-7-22-18(14(11)10-17(16)26-2)21-15-8-12(20(24)27-3)4-5-13(15)19(22)23/h4-5,8-10H,6-7H2,1-3H3. The molecule has 0 N–H and O–H groups in total. The third-order valence-electron chi connectivity index (χ3n) is 4.83. The quantitative estimate of drug-likeness (QED) is 0.663. The number of carbonyl (C=O) groups excluding carboxylic acids is 1. The lowest BCUT2D eigenvalue weighted by atomic mass is 9.98. The number of hydrogen-bond donors (Lipinski definition) is 0. The predicted octanol–water partition coefficient (Wildman–Crippen LogP) is 2.42. The molecule has 1 aromatic heterocycles. The Hall–Kier alpha value is -3.35. The highest BCUT2D eigenvalue weighted by Gasteiger charge is 2.23. The van der Waals surface area contributed by atoms with Crippen molar-refractivity contribution < 1.29 is 19.0 Å². The molecule has 0 saturated heterocycles. The van der Waals surface area contributed by atoms with Gasteiger partial charge in [-0.1, -0.05) is 0 Å². The summed E-state index contributed by atoms with van der Waals surface area (Å²) in [6, 6.07) is 8.53. The van der Waals surface area contributed by atoms with E-state index in [9.17, 15) is 9.59 Å². The fourth-order valence-corrected chi connectivity index (χ4v) is 3.45. The maximum Gasteiger partial charge on any atom is 0.337 e. The van der Waals surface area contributed by atoms with Crippen LogP contribution in [0.5, 0.6) is 11.5 Å². The molecule has 27 heavy (non-hydrogen) atoms. The van der Waals surface area contributed by atoms with E-state index in [1.165, 1.54) is 7.11 Å². The molecule has 4 rings (SSSR count). The van der Waals surface area contributed by atoms with Gasteiger partial charge in [-0.25, -0.2) is 9.78 Å². The van der Waals surface area contributed by atoms with Crippen LogP contribution in [0.25, 0.3) is 22.3 Å². The summed E-state index contributed by atoms with van der Waals surface area (Å²) in [5, 5.41) is 0.468. The Balaban J connectivity index is 1.99. The molecule has 1 aliphatic heterocycles. The van der Waals surface area contributed by atoms with Gasteiger partial charge in [0, 0.05) is 12.1 Å². The summed E-state index contributed by atoms with van der Waals surface area (Å²) in [5.74, 6) is 1.29. The number of benzene rings is 2. The number of fused-ring (bicyclic) bond motifs is 4. The Labute approximate surface area is 155 Å². The van der Waals surface area contributed by atoms with Gasteiger partial charge in [0.15, 0.2) is 11.5 Å². The van der Waals surface area contributed by atoms with Crippen molar-refractivity contribution in [3.63, 3.8) is 0 Å². The number of ether oxygens (including phenoxy) is 3. The first-order valence-corrected chi connectivity index (χ1v) is 8.45. The topological polar surface area (TPSA) is 79.7 Å². The average Bonchev–Trinajstić information content (AvgIpc) is 2.71. The number of esters is 1. The van der Waals surface area contributed by atoms with Gasteiger partial charge >= 0.3 is 5.97 Å². The van der Waals surface area contributed by atoms with Crippen LogP contribution in [0.15, 0.2) is 35.1 Å². The summed E-state index contributed by atoms with van der Waals surface area (Å²) in [7, 11) is 4.47. The lowest BCUT2D eigenvalue weighted by molar-refractivity contribution is 0.0601. The molecular weight excluding hydrogens is 348 g/mol. The number of aryl methyl sites for hydroxylation is 1. The summed E-state index contributed by atoms with van der Waals surface area (Å²) in [4.78, 5) is 29.5. The van der Waals surface area contributed by atoms with Crippen LogP contribution in [-0.2, 0) is 17.7 Å². The maximum atomic E-state index is 13.0. The summed E-state index contributed by atoms with van der Waals surface area (Å²) in [6.07, 6.45) is 0.691. The van der Waals surface area contributed by atoms with Crippen LogP contribution in [0, 0.1) is 0 Å². The normalized spacial score (nSPS) is 12.3. The largest absolute Gasteiger partial charge is 0.493 e. The zero-order chi connectivity index (χ0) is 19.1. The van der Waals surface area contributed by atoms with Crippen molar-refractivity contribution in [1.82, 2.24) is 9.55 Å². The van der Waals surface area contributed by atoms with Crippen molar-refractivity contribution in [3.8, 4) is 22.9 Å². The van der Waals surface area contributed by atoms with Gasteiger partial charge < -0.3 is 14.2 Å². The van der Waals surface area contributed by atoms with Crippen LogP contribution in [0.1, 0.15) is 15.9 Å². The highest BCUT2D eigenvalue weighted by molar-refractivity contribution is 5.94. The second kappa shape index (κ2) is 6.42. The van der Waals surface area contributed by atoms with Crippen molar-refractivity contribution in [1.29, 1.82) is 0 Å². The van der Waals surface area contributed by atoms with Gasteiger partial charge in [0.2, 0.25) is 0 Å². The van der Waals surface area contributed by atoms with Gasteiger partial charge in [-0.15, -0.1) is 0 Å². The predicted molar refractivity (Wildman–Crippen MR) is 99.6 cm³/mol. The third-order valence-corrected chi connectivity index (χ3v) is 4.83. The molecule has 7 nitrogen and oxygen atoms in total. The smallest absolute Gasteiger partial charge is 0.337 e. The summed E-state index contributed by atoms with van der Waals surface area (Å²) < 4.78 is 17.2. The van der Waals surface area contributed by atoms with Crippen molar-refractivity contribution in [2.75, 3.05) is 21.3 Å². The molecule has 0 unspecified atom stereocenters. The molecule has 0 spiro atoms. The average molecular weight is 366 g/mol. The molecule has 0 amide bonds. The number of methoxy groups -OCH3 is 3. The molecule has 3 aromatic rings. The minimum absolute atomic E-state index is 0.133. The molecule has 0 atom stereocenters.